The summed E-state index contributed by atoms with van der Waals surface area (Å²) >= 11 is 1.30. The van der Waals surface area contributed by atoms with Crippen LogP contribution in [0.25, 0.3) is 0 Å². The molecular weight excluding hydrogens is 238 g/mol. The summed E-state index contributed by atoms with van der Waals surface area (Å²) in [7, 11) is 0. The number of carboxylic acid groups (broad SMARTS) is 1. The fourth-order valence-electron chi connectivity index (χ4n) is 1.80. The van der Waals surface area contributed by atoms with Gasteiger partial charge in [0.2, 0.25) is 0 Å². The first-order valence-corrected chi connectivity index (χ1v) is 6.61. The highest BCUT2D eigenvalue weighted by molar-refractivity contribution is 7.14. The standard InChI is InChI=1S/C12H17NO3S/c1-7-9(4-11(17-7)12(15)16)5-13-6-10(14)8-2-3-8/h4,8,10,13-14H,2-3,5-6H2,1H3,(H,15,16). The van der Waals surface area contributed by atoms with Crippen molar-refractivity contribution in [3.05, 3.63) is 21.4 Å². The molecule has 0 aliphatic heterocycles. The molecule has 1 heterocycles. The molecule has 3 N–H and O–H groups in total. The number of aliphatic hydroxyl groups is 1. The maximum Gasteiger partial charge on any atom is 0.345 e. The Morgan fingerprint density at radius 3 is 2.88 bits per heavy atom. The SMILES string of the molecule is Cc1sc(C(=O)O)cc1CNCC(O)C1CC1. The Bertz CT molecular complexity index is 412. The Morgan fingerprint density at radius 2 is 2.35 bits per heavy atom. The van der Waals surface area contributed by atoms with Crippen LogP contribution in [0.1, 0.15) is 33.0 Å². The van der Waals surface area contributed by atoms with E-state index in [-0.39, 0.29) is 6.10 Å². The highest BCUT2D eigenvalue weighted by Gasteiger charge is 2.29. The van der Waals surface area contributed by atoms with Crippen molar-refractivity contribution < 1.29 is 15.0 Å². The van der Waals surface area contributed by atoms with Gasteiger partial charge in [0, 0.05) is 18.0 Å². The molecule has 1 fully saturated rings. The van der Waals surface area contributed by atoms with Gasteiger partial charge >= 0.3 is 5.97 Å². The number of hydrogen-bond donors (Lipinski definition) is 3. The molecule has 2 rings (SSSR count). The highest BCUT2D eigenvalue weighted by Crippen LogP contribution is 2.32. The average Bonchev–Trinajstić information content (AvgIpc) is 3.04. The van der Waals surface area contributed by atoms with Crippen molar-refractivity contribution in [1.29, 1.82) is 0 Å². The number of aryl methyl sites for hydroxylation is 1. The maximum absolute atomic E-state index is 10.8. The largest absolute Gasteiger partial charge is 0.477 e. The Kier molecular flexibility index (Phi) is 3.81. The molecular formula is C12H17NO3S. The molecule has 1 aromatic rings. The van der Waals surface area contributed by atoms with E-state index in [1.807, 2.05) is 6.92 Å². The van der Waals surface area contributed by atoms with E-state index in [1.54, 1.807) is 6.07 Å². The summed E-state index contributed by atoms with van der Waals surface area (Å²) in [5.41, 5.74) is 1.01. The fraction of sp³-hybridized carbons (Fsp3) is 0.583. The Balaban J connectivity index is 1.83. The monoisotopic (exact) mass is 255 g/mol. The van der Waals surface area contributed by atoms with Crippen molar-refractivity contribution in [2.75, 3.05) is 6.54 Å². The topological polar surface area (TPSA) is 69.6 Å². The predicted molar refractivity (Wildman–Crippen MR) is 66.5 cm³/mol. The van der Waals surface area contributed by atoms with Crippen molar-refractivity contribution in [2.24, 2.45) is 5.92 Å². The Morgan fingerprint density at radius 1 is 1.65 bits per heavy atom. The van der Waals surface area contributed by atoms with Crippen LogP contribution in [0.5, 0.6) is 0 Å². The molecule has 1 atom stereocenters. The second kappa shape index (κ2) is 5.16. The number of nitrogens with one attached hydrogen (secondary N) is 1. The molecule has 0 aromatic carbocycles. The quantitative estimate of drug-likeness (QED) is 0.722. The van der Waals surface area contributed by atoms with E-state index >= 15 is 0 Å². The van der Waals surface area contributed by atoms with E-state index in [4.69, 9.17) is 5.11 Å². The van der Waals surface area contributed by atoms with Gasteiger partial charge in [-0.15, -0.1) is 11.3 Å². The van der Waals surface area contributed by atoms with Gasteiger partial charge in [-0.1, -0.05) is 0 Å². The molecule has 4 nitrogen and oxygen atoms in total. The van der Waals surface area contributed by atoms with Gasteiger partial charge in [0.25, 0.3) is 0 Å². The summed E-state index contributed by atoms with van der Waals surface area (Å²) in [6.45, 7) is 3.13. The van der Waals surface area contributed by atoms with E-state index in [1.165, 1.54) is 11.3 Å². The third-order valence-electron chi connectivity index (χ3n) is 3.07. The summed E-state index contributed by atoms with van der Waals surface area (Å²) in [5.74, 6) is -0.400. The number of carboxylic acids is 1. The van der Waals surface area contributed by atoms with Gasteiger partial charge in [0.15, 0.2) is 0 Å². The van der Waals surface area contributed by atoms with Crippen LogP contribution in [0.3, 0.4) is 0 Å². The molecule has 5 heteroatoms. The van der Waals surface area contributed by atoms with Crippen LogP contribution in [0.4, 0.5) is 0 Å². The van der Waals surface area contributed by atoms with Crippen LogP contribution in [0.15, 0.2) is 6.07 Å². The zero-order valence-corrected chi connectivity index (χ0v) is 10.6. The molecule has 94 valence electrons. The molecule has 1 aromatic heterocycles. The number of carbonyl (C=O) groups is 1. The third-order valence-corrected chi connectivity index (χ3v) is 4.15. The van der Waals surface area contributed by atoms with Crippen LogP contribution >= 0.6 is 11.3 Å². The first-order valence-electron chi connectivity index (χ1n) is 5.79. The summed E-state index contributed by atoms with van der Waals surface area (Å²) < 4.78 is 0. The molecule has 0 saturated heterocycles. The lowest BCUT2D eigenvalue weighted by Gasteiger charge is -2.10. The van der Waals surface area contributed by atoms with Crippen molar-refractivity contribution in [1.82, 2.24) is 5.32 Å². The molecule has 1 unspecified atom stereocenters. The first kappa shape index (κ1) is 12.5. The van der Waals surface area contributed by atoms with Gasteiger partial charge in [0.1, 0.15) is 4.88 Å². The van der Waals surface area contributed by atoms with Gasteiger partial charge in [0.05, 0.1) is 6.10 Å². The molecule has 0 spiro atoms. The normalized spacial score (nSPS) is 17.1. The van der Waals surface area contributed by atoms with Crippen molar-refractivity contribution >= 4 is 17.3 Å². The lowest BCUT2D eigenvalue weighted by Crippen LogP contribution is -2.27. The molecule has 1 saturated carbocycles. The third kappa shape index (κ3) is 3.28. The van der Waals surface area contributed by atoms with Crippen molar-refractivity contribution in [3.63, 3.8) is 0 Å². The summed E-state index contributed by atoms with van der Waals surface area (Å²) in [5, 5.41) is 21.7. The molecule has 0 radical (unpaired) electrons. The van der Waals surface area contributed by atoms with Crippen LogP contribution in [0, 0.1) is 12.8 Å². The van der Waals surface area contributed by atoms with E-state index in [0.29, 0.717) is 23.9 Å². The van der Waals surface area contributed by atoms with Gasteiger partial charge in [-0.2, -0.15) is 0 Å². The van der Waals surface area contributed by atoms with Crippen LogP contribution in [-0.4, -0.2) is 28.8 Å². The van der Waals surface area contributed by atoms with Crippen LogP contribution in [0.2, 0.25) is 0 Å². The fourth-order valence-corrected chi connectivity index (χ4v) is 2.68. The Labute approximate surface area is 104 Å². The number of thiophene rings is 1. The summed E-state index contributed by atoms with van der Waals surface area (Å²) in [4.78, 5) is 12.2. The first-order chi connectivity index (χ1) is 8.08. The molecule has 1 aliphatic carbocycles. The summed E-state index contributed by atoms with van der Waals surface area (Å²) in [6.07, 6.45) is 2.00. The maximum atomic E-state index is 10.8. The Hall–Kier alpha value is -0.910. The van der Waals surface area contributed by atoms with Gasteiger partial charge in [-0.05, 0) is 37.3 Å². The van der Waals surface area contributed by atoms with Gasteiger partial charge in [-0.3, -0.25) is 0 Å². The van der Waals surface area contributed by atoms with Gasteiger partial charge < -0.3 is 15.5 Å². The molecule has 17 heavy (non-hydrogen) atoms. The molecule has 1 aliphatic rings. The average molecular weight is 255 g/mol. The van der Waals surface area contributed by atoms with E-state index < -0.39 is 5.97 Å². The van der Waals surface area contributed by atoms with E-state index in [2.05, 4.69) is 5.32 Å². The minimum Gasteiger partial charge on any atom is -0.477 e. The number of aromatic carboxylic acids is 1. The lowest BCUT2D eigenvalue weighted by molar-refractivity contribution is 0.0702. The smallest absolute Gasteiger partial charge is 0.345 e. The van der Waals surface area contributed by atoms with Crippen LogP contribution in [-0.2, 0) is 6.54 Å². The zero-order valence-electron chi connectivity index (χ0n) is 9.77. The highest BCUT2D eigenvalue weighted by atomic mass is 32.1. The van der Waals surface area contributed by atoms with E-state index in [0.717, 1.165) is 23.3 Å². The minimum atomic E-state index is -0.873. The number of hydrogen-bond acceptors (Lipinski definition) is 4. The second-order valence-electron chi connectivity index (χ2n) is 4.53. The van der Waals surface area contributed by atoms with Crippen molar-refractivity contribution in [2.45, 2.75) is 32.4 Å². The van der Waals surface area contributed by atoms with Crippen molar-refractivity contribution in [3.8, 4) is 0 Å². The predicted octanol–water partition coefficient (Wildman–Crippen LogP) is 1.62. The number of rotatable bonds is 6. The van der Waals surface area contributed by atoms with Crippen LogP contribution < -0.4 is 5.32 Å². The molecule has 0 bridgehead atoms. The summed E-state index contributed by atoms with van der Waals surface area (Å²) in [6, 6.07) is 1.71. The minimum absolute atomic E-state index is 0.257. The second-order valence-corrected chi connectivity index (χ2v) is 5.79. The molecule has 0 amide bonds. The lowest BCUT2D eigenvalue weighted by atomic mass is 10.2. The zero-order chi connectivity index (χ0) is 12.4. The van der Waals surface area contributed by atoms with Gasteiger partial charge in [-0.25, -0.2) is 4.79 Å². The number of aliphatic hydroxyl groups excluding tert-OH is 1. The van der Waals surface area contributed by atoms with E-state index in [9.17, 15) is 9.90 Å².